The molecule has 2 heterocycles. The molecule has 0 amide bonds. The second-order valence-electron chi connectivity index (χ2n) is 11.6. The molecule has 0 saturated carbocycles. The molecule has 0 bridgehead atoms. The minimum Gasteiger partial charge on any atom is -0.207 e. The minimum atomic E-state index is -0.555. The number of nitrogens with zero attached hydrogens (tertiary/aromatic N) is 1. The Morgan fingerprint density at radius 3 is 2.20 bits per heavy atom. The molecule has 0 N–H and O–H groups in total. The Labute approximate surface area is 209 Å². The van der Waals surface area contributed by atoms with E-state index < -0.39 is 5.41 Å². The van der Waals surface area contributed by atoms with Crippen molar-refractivity contribution in [2.45, 2.75) is 110 Å². The molecule has 0 spiro atoms. The van der Waals surface area contributed by atoms with Crippen LogP contribution in [0, 0.1) is 11.6 Å². The fourth-order valence-electron chi connectivity index (χ4n) is 7.77. The molecule has 1 aliphatic carbocycles. The van der Waals surface area contributed by atoms with Crippen LogP contribution in [0.15, 0.2) is 30.5 Å². The molecule has 1 unspecified atom stereocenters. The van der Waals surface area contributed by atoms with Crippen LogP contribution in [0.25, 0.3) is 22.0 Å². The van der Waals surface area contributed by atoms with Crippen molar-refractivity contribution in [2.75, 3.05) is 0 Å². The van der Waals surface area contributed by atoms with Gasteiger partial charge in [-0.1, -0.05) is 66.5 Å². The van der Waals surface area contributed by atoms with E-state index in [1.165, 1.54) is 5.56 Å². The molecule has 1 aromatic heterocycles. The maximum absolute atomic E-state index is 16.1. The summed E-state index contributed by atoms with van der Waals surface area (Å²) in [5, 5.41) is 1.67. The summed E-state index contributed by atoms with van der Waals surface area (Å²) in [7, 11) is 0. The van der Waals surface area contributed by atoms with Crippen LogP contribution >= 0.6 is 0 Å². The fourth-order valence-corrected chi connectivity index (χ4v) is 7.77. The molecule has 0 saturated heterocycles. The molecule has 186 valence electrons. The Morgan fingerprint density at radius 2 is 1.57 bits per heavy atom. The van der Waals surface area contributed by atoms with E-state index in [-0.39, 0.29) is 22.6 Å². The second-order valence-corrected chi connectivity index (χ2v) is 11.6. The van der Waals surface area contributed by atoms with Gasteiger partial charge >= 0.3 is 0 Å². The normalized spacial score (nSPS) is 20.9. The number of pyridine rings is 1. The van der Waals surface area contributed by atoms with Gasteiger partial charge in [-0.3, -0.25) is 0 Å². The van der Waals surface area contributed by atoms with Gasteiger partial charge in [0.05, 0.1) is 16.4 Å². The molecule has 0 radical (unpaired) electrons. The summed E-state index contributed by atoms with van der Waals surface area (Å²) >= 11 is 0. The third-order valence-corrected chi connectivity index (χ3v) is 9.94. The molecular formula is C32H40F2N+. The minimum absolute atomic E-state index is 0.0946. The quantitative estimate of drug-likeness (QED) is 0.237. The van der Waals surface area contributed by atoms with Crippen LogP contribution in [-0.2, 0) is 22.8 Å². The van der Waals surface area contributed by atoms with Crippen molar-refractivity contribution in [2.24, 2.45) is 0 Å². The van der Waals surface area contributed by atoms with Crippen LogP contribution in [0.4, 0.5) is 8.78 Å². The largest absolute Gasteiger partial charge is 0.222 e. The van der Waals surface area contributed by atoms with Crippen molar-refractivity contribution in [1.82, 2.24) is 0 Å². The molecule has 1 aliphatic heterocycles. The highest BCUT2D eigenvalue weighted by molar-refractivity contribution is 6.02. The average molecular weight is 477 g/mol. The van der Waals surface area contributed by atoms with Gasteiger partial charge in [-0.25, -0.2) is 8.78 Å². The van der Waals surface area contributed by atoms with Crippen LogP contribution in [0.5, 0.6) is 0 Å². The number of aryl methyl sites for hydroxylation is 1. The number of halogens is 2. The van der Waals surface area contributed by atoms with E-state index in [1.54, 1.807) is 6.07 Å². The summed E-state index contributed by atoms with van der Waals surface area (Å²) in [5.41, 5.74) is 4.98. The highest BCUT2D eigenvalue weighted by atomic mass is 19.1. The molecule has 35 heavy (non-hydrogen) atoms. The zero-order valence-electron chi connectivity index (χ0n) is 22.5. The summed E-state index contributed by atoms with van der Waals surface area (Å²) in [5.74, 6) is -0.248. The zero-order chi connectivity index (χ0) is 25.3. The molecule has 2 aromatic carbocycles. The van der Waals surface area contributed by atoms with Crippen molar-refractivity contribution < 1.29 is 13.3 Å². The molecule has 2 aliphatic rings. The predicted octanol–water partition coefficient (Wildman–Crippen LogP) is 8.64. The summed E-state index contributed by atoms with van der Waals surface area (Å²) in [6, 6.07) is 7.78. The Kier molecular flexibility index (Phi) is 5.66. The lowest BCUT2D eigenvalue weighted by Gasteiger charge is -2.50. The van der Waals surface area contributed by atoms with E-state index in [0.29, 0.717) is 5.39 Å². The van der Waals surface area contributed by atoms with Crippen molar-refractivity contribution >= 4 is 10.8 Å². The molecule has 0 fully saturated rings. The molecular weight excluding hydrogens is 436 g/mol. The molecule has 3 heteroatoms. The fraction of sp³-hybridized carbons (Fsp3) is 0.531. The summed E-state index contributed by atoms with van der Waals surface area (Å²) in [6.07, 6.45) is 8.86. The van der Waals surface area contributed by atoms with Crippen molar-refractivity contribution in [3.8, 4) is 11.3 Å². The monoisotopic (exact) mass is 476 g/mol. The van der Waals surface area contributed by atoms with Gasteiger partial charge in [-0.05, 0) is 48.9 Å². The smallest absolute Gasteiger partial charge is 0.207 e. The Morgan fingerprint density at radius 1 is 0.857 bits per heavy atom. The Hall–Kier alpha value is -2.29. The predicted molar refractivity (Wildman–Crippen MR) is 141 cm³/mol. The second kappa shape index (κ2) is 8.11. The van der Waals surface area contributed by atoms with Crippen LogP contribution in [0.2, 0.25) is 0 Å². The van der Waals surface area contributed by atoms with Crippen LogP contribution in [-0.4, -0.2) is 0 Å². The van der Waals surface area contributed by atoms with Crippen LogP contribution in [0.1, 0.15) is 109 Å². The summed E-state index contributed by atoms with van der Waals surface area (Å²) < 4.78 is 34.3. The highest BCUT2D eigenvalue weighted by Gasteiger charge is 2.61. The number of unbranched alkanes of at least 4 members (excludes halogenated alkanes) is 2. The zero-order valence-corrected chi connectivity index (χ0v) is 22.5. The Bertz CT molecular complexity index is 1330. The Balaban J connectivity index is 1.99. The van der Waals surface area contributed by atoms with Crippen molar-refractivity contribution in [1.29, 1.82) is 0 Å². The topological polar surface area (TPSA) is 3.88 Å². The first-order chi connectivity index (χ1) is 16.6. The first kappa shape index (κ1) is 24.4. The highest BCUT2D eigenvalue weighted by Crippen LogP contribution is 2.58. The number of aromatic nitrogens is 1. The van der Waals surface area contributed by atoms with E-state index in [0.717, 1.165) is 78.3 Å². The number of hydrogen-bond donors (Lipinski definition) is 0. The van der Waals surface area contributed by atoms with E-state index in [4.69, 9.17) is 0 Å². The van der Waals surface area contributed by atoms with Gasteiger partial charge < -0.3 is 0 Å². The molecule has 5 rings (SSSR count). The van der Waals surface area contributed by atoms with Gasteiger partial charge in [0.2, 0.25) is 5.69 Å². The van der Waals surface area contributed by atoms with Gasteiger partial charge in [0.15, 0.2) is 11.7 Å². The van der Waals surface area contributed by atoms with Gasteiger partial charge in [0.1, 0.15) is 11.6 Å². The lowest BCUT2D eigenvalue weighted by atomic mass is 9.55. The summed E-state index contributed by atoms with van der Waals surface area (Å²) in [6.45, 7) is 15.6. The molecule has 3 aromatic rings. The van der Waals surface area contributed by atoms with Gasteiger partial charge in [0, 0.05) is 35.3 Å². The van der Waals surface area contributed by atoms with Crippen LogP contribution in [0.3, 0.4) is 0 Å². The maximum Gasteiger partial charge on any atom is 0.222 e. The maximum atomic E-state index is 16.1. The van der Waals surface area contributed by atoms with E-state index >= 15 is 8.78 Å². The SMILES string of the molecule is CCCCCc1cc2c3c4[n+](ccc3c1F)C(CC)(CC)C(C)(CC)c1ccc(F)c(c1-4)C2(C)C. The van der Waals surface area contributed by atoms with E-state index in [2.05, 4.69) is 65.3 Å². The first-order valence-corrected chi connectivity index (χ1v) is 13.7. The number of rotatable bonds is 7. The first-order valence-electron chi connectivity index (χ1n) is 13.7. The van der Waals surface area contributed by atoms with Gasteiger partial charge in [-0.2, -0.15) is 4.57 Å². The van der Waals surface area contributed by atoms with Gasteiger partial charge in [0.25, 0.3) is 0 Å². The lowest BCUT2D eigenvalue weighted by molar-refractivity contribution is -0.768. The number of hydrogen-bond acceptors (Lipinski definition) is 0. The number of benzene rings is 2. The molecule has 1 nitrogen and oxygen atoms in total. The van der Waals surface area contributed by atoms with Crippen molar-refractivity contribution in [3.05, 3.63) is 64.4 Å². The van der Waals surface area contributed by atoms with Gasteiger partial charge in [-0.15, -0.1) is 0 Å². The van der Waals surface area contributed by atoms with E-state index in [9.17, 15) is 0 Å². The summed E-state index contributed by atoms with van der Waals surface area (Å²) in [4.78, 5) is 0. The van der Waals surface area contributed by atoms with E-state index in [1.807, 2.05) is 12.1 Å². The van der Waals surface area contributed by atoms with Crippen molar-refractivity contribution in [3.63, 3.8) is 0 Å². The standard InChI is InChI=1S/C32H40F2N/c1-8-12-13-14-20-19-23-25-21(28(20)34)17-18-35-29(25)26-22(15-16-24(33)27(26)30(23,5)6)31(7,9-2)32(35,10-3)11-4/h15-19H,8-14H2,1-7H3/q+1. The molecule has 1 atom stereocenters. The van der Waals surface area contributed by atoms with Crippen LogP contribution < -0.4 is 4.57 Å². The average Bonchev–Trinajstić information content (AvgIpc) is 2.84. The third-order valence-electron chi connectivity index (χ3n) is 9.94. The third kappa shape index (κ3) is 2.87. The lowest BCUT2D eigenvalue weighted by Crippen LogP contribution is -2.69.